The van der Waals surface area contributed by atoms with E-state index in [2.05, 4.69) is 16.9 Å². The second kappa shape index (κ2) is 5.41. The first-order valence-corrected chi connectivity index (χ1v) is 7.54. The minimum atomic E-state index is 0.438. The van der Waals surface area contributed by atoms with Crippen molar-refractivity contribution in [3.05, 3.63) is 23.8 Å². The van der Waals surface area contributed by atoms with Crippen LogP contribution >= 0.6 is 35.1 Å². The van der Waals surface area contributed by atoms with Crippen LogP contribution in [0.4, 0.5) is 0 Å². The molecule has 15 heavy (non-hydrogen) atoms. The molecular weight excluding hydrogens is 248 g/mol. The monoisotopic (exact) mass is 260 g/mol. The molecule has 0 bridgehead atoms. The van der Waals surface area contributed by atoms with Gasteiger partial charge in [-0.25, -0.2) is 9.97 Å². The molecule has 1 aliphatic heterocycles. The van der Waals surface area contributed by atoms with E-state index in [1.54, 1.807) is 0 Å². The summed E-state index contributed by atoms with van der Waals surface area (Å²) in [7, 11) is 0. The molecule has 0 aliphatic carbocycles. The van der Waals surface area contributed by atoms with Gasteiger partial charge >= 0.3 is 0 Å². The molecule has 0 aromatic carbocycles. The second-order valence-electron chi connectivity index (χ2n) is 3.45. The Balaban J connectivity index is 2.13. The maximum atomic E-state index is 5.70. The zero-order valence-corrected chi connectivity index (χ0v) is 10.9. The smallest absolute Gasteiger partial charge is 0.142 e. The number of rotatable bonds is 2. The van der Waals surface area contributed by atoms with Crippen molar-refractivity contribution >= 4 is 35.1 Å². The van der Waals surface area contributed by atoms with Crippen molar-refractivity contribution in [2.24, 2.45) is 0 Å². The van der Waals surface area contributed by atoms with E-state index in [-0.39, 0.29) is 0 Å². The molecule has 0 saturated carbocycles. The molecule has 1 aromatic rings. The number of hydrogen-bond donors (Lipinski definition) is 0. The Morgan fingerprint density at radius 3 is 2.60 bits per heavy atom. The molecule has 0 spiro atoms. The Bertz CT molecular complexity index is 318. The fourth-order valence-corrected chi connectivity index (χ4v) is 4.34. The number of nitrogens with zero attached hydrogens (tertiary/aromatic N) is 2. The summed E-state index contributed by atoms with van der Waals surface area (Å²) in [5.41, 5.74) is 0.988. The zero-order valence-electron chi connectivity index (χ0n) is 8.52. The second-order valence-corrected chi connectivity index (χ2v) is 6.45. The molecule has 1 aromatic heterocycles. The fraction of sp³-hybridized carbons (Fsp3) is 0.600. The number of alkyl halides is 1. The maximum absolute atomic E-state index is 5.70. The van der Waals surface area contributed by atoms with E-state index >= 15 is 0 Å². The summed E-state index contributed by atoms with van der Waals surface area (Å²) in [5.74, 6) is 3.87. The summed E-state index contributed by atoms with van der Waals surface area (Å²) < 4.78 is 0. The van der Waals surface area contributed by atoms with Gasteiger partial charge in [0.15, 0.2) is 0 Å². The van der Waals surface area contributed by atoms with Crippen molar-refractivity contribution in [2.75, 3.05) is 11.5 Å². The van der Waals surface area contributed by atoms with E-state index in [9.17, 15) is 0 Å². The van der Waals surface area contributed by atoms with Gasteiger partial charge in [-0.2, -0.15) is 11.8 Å². The molecule has 0 radical (unpaired) electrons. The van der Waals surface area contributed by atoms with Gasteiger partial charge in [0.1, 0.15) is 5.82 Å². The van der Waals surface area contributed by atoms with Gasteiger partial charge < -0.3 is 0 Å². The molecule has 2 nitrogen and oxygen atoms in total. The average Bonchev–Trinajstić information content (AvgIpc) is 2.30. The lowest BCUT2D eigenvalue weighted by atomic mass is 10.3. The minimum absolute atomic E-state index is 0.438. The topological polar surface area (TPSA) is 25.8 Å². The molecule has 82 valence electrons. The SMILES string of the molecule is CC1SCCSC1c1ncc(CCl)cn1. The normalized spacial score (nSPS) is 26.5. The number of hydrogen-bond acceptors (Lipinski definition) is 4. The van der Waals surface area contributed by atoms with Crippen LogP contribution in [-0.4, -0.2) is 26.7 Å². The molecule has 1 aliphatic rings. The van der Waals surface area contributed by atoms with Crippen LogP contribution in [-0.2, 0) is 5.88 Å². The highest BCUT2D eigenvalue weighted by atomic mass is 35.5. The predicted molar refractivity (Wildman–Crippen MR) is 68.7 cm³/mol. The Morgan fingerprint density at radius 1 is 1.33 bits per heavy atom. The van der Waals surface area contributed by atoms with Crippen LogP contribution in [0.5, 0.6) is 0 Å². The van der Waals surface area contributed by atoms with Gasteiger partial charge in [-0.15, -0.1) is 23.4 Å². The summed E-state index contributed by atoms with van der Waals surface area (Å²) in [6.45, 7) is 2.25. The molecule has 2 unspecified atom stereocenters. The molecule has 0 amide bonds. The zero-order chi connectivity index (χ0) is 10.7. The van der Waals surface area contributed by atoms with E-state index < -0.39 is 0 Å². The lowest BCUT2D eigenvalue weighted by molar-refractivity contribution is 0.818. The van der Waals surface area contributed by atoms with E-state index in [4.69, 9.17) is 11.6 Å². The van der Waals surface area contributed by atoms with Crippen molar-refractivity contribution in [1.29, 1.82) is 0 Å². The lowest BCUT2D eigenvalue weighted by Gasteiger charge is -2.26. The summed E-state index contributed by atoms with van der Waals surface area (Å²) >= 11 is 9.67. The lowest BCUT2D eigenvalue weighted by Crippen LogP contribution is -2.18. The third-order valence-corrected chi connectivity index (χ3v) is 5.72. The van der Waals surface area contributed by atoms with Gasteiger partial charge in [0.05, 0.1) is 11.1 Å². The highest BCUT2D eigenvalue weighted by Gasteiger charge is 2.26. The van der Waals surface area contributed by atoms with Crippen LogP contribution < -0.4 is 0 Å². The molecule has 1 saturated heterocycles. The molecule has 2 rings (SSSR count). The third kappa shape index (κ3) is 2.80. The van der Waals surface area contributed by atoms with Crippen molar-refractivity contribution in [3.8, 4) is 0 Å². The Morgan fingerprint density at radius 2 is 2.00 bits per heavy atom. The number of halogens is 1. The van der Waals surface area contributed by atoms with Gasteiger partial charge in [-0.3, -0.25) is 0 Å². The minimum Gasteiger partial charge on any atom is -0.240 e. The van der Waals surface area contributed by atoms with Crippen molar-refractivity contribution < 1.29 is 0 Å². The molecule has 5 heteroatoms. The van der Waals surface area contributed by atoms with Crippen LogP contribution in [0, 0.1) is 0 Å². The van der Waals surface area contributed by atoms with Gasteiger partial charge in [0, 0.05) is 34.7 Å². The highest BCUT2D eigenvalue weighted by Crippen LogP contribution is 2.40. The van der Waals surface area contributed by atoms with Gasteiger partial charge in [0.25, 0.3) is 0 Å². The van der Waals surface area contributed by atoms with Crippen LogP contribution in [0.3, 0.4) is 0 Å². The van der Waals surface area contributed by atoms with Crippen molar-refractivity contribution in [1.82, 2.24) is 9.97 Å². The molecule has 0 N–H and O–H groups in total. The molecule has 1 fully saturated rings. The summed E-state index contributed by atoms with van der Waals surface area (Å²) in [4.78, 5) is 8.79. The van der Waals surface area contributed by atoms with Gasteiger partial charge in [0.2, 0.25) is 0 Å². The number of thioether (sulfide) groups is 2. The van der Waals surface area contributed by atoms with E-state index in [1.807, 2.05) is 35.9 Å². The largest absolute Gasteiger partial charge is 0.240 e. The first kappa shape index (κ1) is 11.6. The van der Waals surface area contributed by atoms with Gasteiger partial charge in [-0.1, -0.05) is 6.92 Å². The standard InChI is InChI=1S/C10H13ClN2S2/c1-7-9(15-3-2-14-7)10-12-5-8(4-11)6-13-10/h5-7,9H,2-4H2,1H3. The predicted octanol–water partition coefficient (Wildman–Crippen LogP) is 3.13. The van der Waals surface area contributed by atoms with Crippen molar-refractivity contribution in [2.45, 2.75) is 23.3 Å². The fourth-order valence-electron chi connectivity index (χ4n) is 1.50. The molecule has 2 heterocycles. The van der Waals surface area contributed by atoms with Crippen molar-refractivity contribution in [3.63, 3.8) is 0 Å². The van der Waals surface area contributed by atoms with E-state index in [1.165, 1.54) is 11.5 Å². The first-order chi connectivity index (χ1) is 7.31. The quantitative estimate of drug-likeness (QED) is 0.763. The Hall–Kier alpha value is 0.0700. The Labute approximate surface area is 104 Å². The summed E-state index contributed by atoms with van der Waals surface area (Å²) in [5, 5.41) is 1.04. The van der Waals surface area contributed by atoms with Crippen LogP contribution in [0.1, 0.15) is 23.6 Å². The first-order valence-electron chi connectivity index (χ1n) is 4.91. The number of aromatic nitrogens is 2. The van der Waals surface area contributed by atoms with Crippen LogP contribution in [0.15, 0.2) is 12.4 Å². The van der Waals surface area contributed by atoms with Crippen LogP contribution in [0.25, 0.3) is 0 Å². The van der Waals surface area contributed by atoms with Gasteiger partial charge in [-0.05, 0) is 0 Å². The Kier molecular flexibility index (Phi) is 4.17. The van der Waals surface area contributed by atoms with E-state index in [0.717, 1.165) is 11.4 Å². The summed E-state index contributed by atoms with van der Waals surface area (Å²) in [6.07, 6.45) is 3.67. The van der Waals surface area contributed by atoms with Crippen LogP contribution in [0.2, 0.25) is 0 Å². The van der Waals surface area contributed by atoms with E-state index in [0.29, 0.717) is 16.4 Å². The summed E-state index contributed by atoms with van der Waals surface area (Å²) in [6, 6.07) is 0. The average molecular weight is 261 g/mol. The molecular formula is C10H13ClN2S2. The highest BCUT2D eigenvalue weighted by molar-refractivity contribution is 8.06. The third-order valence-electron chi connectivity index (χ3n) is 2.32. The maximum Gasteiger partial charge on any atom is 0.142 e. The molecule has 2 atom stereocenters.